The number of aryl methyl sites for hydroxylation is 2. The van der Waals surface area contributed by atoms with Crippen LogP contribution in [0.1, 0.15) is 17.5 Å². The molecular formula is C18H16N2. The van der Waals surface area contributed by atoms with Gasteiger partial charge in [-0.05, 0) is 42.0 Å². The summed E-state index contributed by atoms with van der Waals surface area (Å²) in [6.45, 7) is 0.979. The molecule has 0 saturated heterocycles. The molecule has 0 aliphatic rings. The second-order valence-corrected chi connectivity index (χ2v) is 4.98. The average Bonchev–Trinajstić information content (AvgIpc) is 2.91. The Bertz CT molecular complexity index is 748. The van der Waals surface area contributed by atoms with Gasteiger partial charge in [-0.3, -0.25) is 0 Å². The van der Waals surface area contributed by atoms with Crippen LogP contribution in [0.2, 0.25) is 0 Å². The summed E-state index contributed by atoms with van der Waals surface area (Å²) in [5, 5.41) is 10.2. The first-order valence-electron chi connectivity index (χ1n) is 6.90. The summed E-state index contributed by atoms with van der Waals surface area (Å²) in [6.07, 6.45) is 4.29. The molecule has 0 radical (unpaired) electrons. The van der Waals surface area contributed by atoms with E-state index in [0.29, 0.717) is 0 Å². The van der Waals surface area contributed by atoms with E-state index < -0.39 is 0 Å². The van der Waals surface area contributed by atoms with Crippen molar-refractivity contribution in [3.8, 4) is 6.07 Å². The third-order valence-corrected chi connectivity index (χ3v) is 3.61. The topological polar surface area (TPSA) is 28.7 Å². The van der Waals surface area contributed by atoms with Crippen molar-refractivity contribution in [2.24, 2.45) is 0 Å². The molecule has 0 N–H and O–H groups in total. The summed E-state index contributed by atoms with van der Waals surface area (Å²) < 4.78 is 2.24. The highest BCUT2D eigenvalue weighted by atomic mass is 14.9. The maximum absolute atomic E-state index is 8.99. The van der Waals surface area contributed by atoms with Gasteiger partial charge in [-0.2, -0.15) is 5.26 Å². The highest BCUT2D eigenvalue weighted by Gasteiger charge is 2.02. The molecule has 2 heteroatoms. The first-order chi connectivity index (χ1) is 9.86. The molecule has 1 heterocycles. The summed E-state index contributed by atoms with van der Waals surface area (Å²) >= 11 is 0. The van der Waals surface area contributed by atoms with Crippen molar-refractivity contribution < 1.29 is 0 Å². The SMILES string of the molecule is N#Cc1ccc2ccn(CCCc3ccccc3)c2c1. The van der Waals surface area contributed by atoms with Crippen molar-refractivity contribution in [2.45, 2.75) is 19.4 Å². The lowest BCUT2D eigenvalue weighted by Crippen LogP contribution is -1.98. The quantitative estimate of drug-likeness (QED) is 0.693. The third kappa shape index (κ3) is 2.57. The number of benzene rings is 2. The summed E-state index contributed by atoms with van der Waals surface area (Å²) in [6, 6.07) is 20.7. The smallest absolute Gasteiger partial charge is 0.0992 e. The van der Waals surface area contributed by atoms with Gasteiger partial charge in [0, 0.05) is 18.3 Å². The van der Waals surface area contributed by atoms with E-state index in [0.717, 1.165) is 30.5 Å². The zero-order valence-corrected chi connectivity index (χ0v) is 11.3. The first-order valence-corrected chi connectivity index (χ1v) is 6.90. The van der Waals surface area contributed by atoms with Crippen LogP contribution in [0, 0.1) is 11.3 Å². The van der Waals surface area contributed by atoms with Gasteiger partial charge < -0.3 is 4.57 Å². The van der Waals surface area contributed by atoms with Crippen LogP contribution in [-0.2, 0) is 13.0 Å². The van der Waals surface area contributed by atoms with E-state index in [4.69, 9.17) is 5.26 Å². The van der Waals surface area contributed by atoms with E-state index in [9.17, 15) is 0 Å². The number of aromatic nitrogens is 1. The van der Waals surface area contributed by atoms with E-state index in [1.807, 2.05) is 24.3 Å². The van der Waals surface area contributed by atoms with Crippen LogP contribution in [0.5, 0.6) is 0 Å². The zero-order valence-electron chi connectivity index (χ0n) is 11.3. The second kappa shape index (κ2) is 5.63. The Morgan fingerprint density at radius 2 is 1.85 bits per heavy atom. The molecule has 1 aromatic heterocycles. The molecule has 0 saturated carbocycles. The Morgan fingerprint density at radius 1 is 1.00 bits per heavy atom. The van der Waals surface area contributed by atoms with Gasteiger partial charge in [0.15, 0.2) is 0 Å². The van der Waals surface area contributed by atoms with Crippen LogP contribution in [0.15, 0.2) is 60.8 Å². The predicted octanol–water partition coefficient (Wildman–Crippen LogP) is 4.15. The molecule has 0 atom stereocenters. The molecule has 0 bridgehead atoms. The van der Waals surface area contributed by atoms with Crippen LogP contribution in [-0.4, -0.2) is 4.57 Å². The van der Waals surface area contributed by atoms with E-state index >= 15 is 0 Å². The summed E-state index contributed by atoms with van der Waals surface area (Å²) in [5.74, 6) is 0. The fourth-order valence-corrected chi connectivity index (χ4v) is 2.55. The van der Waals surface area contributed by atoms with Gasteiger partial charge >= 0.3 is 0 Å². The van der Waals surface area contributed by atoms with Gasteiger partial charge in [-0.25, -0.2) is 0 Å². The molecule has 0 aliphatic heterocycles. The zero-order chi connectivity index (χ0) is 13.8. The molecule has 0 fully saturated rings. The highest BCUT2D eigenvalue weighted by molar-refractivity contribution is 5.81. The number of rotatable bonds is 4. The Kier molecular flexibility index (Phi) is 3.52. The second-order valence-electron chi connectivity index (χ2n) is 4.98. The molecule has 98 valence electrons. The number of hydrogen-bond acceptors (Lipinski definition) is 1. The summed E-state index contributed by atoms with van der Waals surface area (Å²) in [4.78, 5) is 0. The minimum atomic E-state index is 0.723. The molecule has 20 heavy (non-hydrogen) atoms. The van der Waals surface area contributed by atoms with Gasteiger partial charge in [0.2, 0.25) is 0 Å². The summed E-state index contributed by atoms with van der Waals surface area (Å²) in [5.41, 5.74) is 3.25. The van der Waals surface area contributed by atoms with E-state index in [-0.39, 0.29) is 0 Å². The van der Waals surface area contributed by atoms with Crippen LogP contribution in [0.25, 0.3) is 10.9 Å². The third-order valence-electron chi connectivity index (χ3n) is 3.61. The van der Waals surface area contributed by atoms with E-state index in [1.165, 1.54) is 10.9 Å². The molecule has 3 rings (SSSR count). The Balaban J connectivity index is 1.73. The van der Waals surface area contributed by atoms with Crippen molar-refractivity contribution in [1.82, 2.24) is 4.57 Å². The van der Waals surface area contributed by atoms with Crippen molar-refractivity contribution in [1.29, 1.82) is 5.26 Å². The molecule has 0 amide bonds. The molecule has 0 aliphatic carbocycles. The predicted molar refractivity (Wildman–Crippen MR) is 81.4 cm³/mol. The monoisotopic (exact) mass is 260 g/mol. The fraction of sp³-hybridized carbons (Fsp3) is 0.167. The highest BCUT2D eigenvalue weighted by Crippen LogP contribution is 2.18. The van der Waals surface area contributed by atoms with Crippen LogP contribution < -0.4 is 0 Å². The fourth-order valence-electron chi connectivity index (χ4n) is 2.55. The molecule has 0 unspecified atom stereocenters. The lowest BCUT2D eigenvalue weighted by molar-refractivity contribution is 0.662. The normalized spacial score (nSPS) is 10.6. The van der Waals surface area contributed by atoms with Gasteiger partial charge in [-0.1, -0.05) is 36.4 Å². The largest absolute Gasteiger partial charge is 0.347 e. The molecule has 2 nitrogen and oxygen atoms in total. The number of nitrogens with zero attached hydrogens (tertiary/aromatic N) is 2. The molecular weight excluding hydrogens is 244 g/mol. The minimum Gasteiger partial charge on any atom is -0.347 e. The van der Waals surface area contributed by atoms with Crippen molar-refractivity contribution in [2.75, 3.05) is 0 Å². The Labute approximate surface area is 118 Å². The Morgan fingerprint density at radius 3 is 2.65 bits per heavy atom. The number of hydrogen-bond donors (Lipinski definition) is 0. The van der Waals surface area contributed by atoms with Gasteiger partial charge in [0.05, 0.1) is 11.6 Å². The van der Waals surface area contributed by atoms with Crippen molar-refractivity contribution >= 4 is 10.9 Å². The number of nitriles is 1. The van der Waals surface area contributed by atoms with Gasteiger partial charge in [-0.15, -0.1) is 0 Å². The van der Waals surface area contributed by atoms with E-state index in [2.05, 4.69) is 47.2 Å². The maximum Gasteiger partial charge on any atom is 0.0992 e. The standard InChI is InChI=1S/C18H16N2/c19-14-16-8-9-17-10-12-20(18(17)13-16)11-4-7-15-5-2-1-3-6-15/h1-3,5-6,8-10,12-13H,4,7,11H2. The lowest BCUT2D eigenvalue weighted by atomic mass is 10.1. The average molecular weight is 260 g/mol. The van der Waals surface area contributed by atoms with Crippen molar-refractivity contribution in [3.63, 3.8) is 0 Å². The van der Waals surface area contributed by atoms with Crippen LogP contribution >= 0.6 is 0 Å². The van der Waals surface area contributed by atoms with E-state index in [1.54, 1.807) is 0 Å². The molecule has 2 aromatic carbocycles. The lowest BCUT2D eigenvalue weighted by Gasteiger charge is -2.06. The first kappa shape index (κ1) is 12.5. The molecule has 0 spiro atoms. The van der Waals surface area contributed by atoms with Gasteiger partial charge in [0.25, 0.3) is 0 Å². The van der Waals surface area contributed by atoms with Crippen LogP contribution in [0.3, 0.4) is 0 Å². The molecule has 3 aromatic rings. The Hall–Kier alpha value is -2.53. The van der Waals surface area contributed by atoms with Crippen LogP contribution in [0.4, 0.5) is 0 Å². The minimum absolute atomic E-state index is 0.723. The number of fused-ring (bicyclic) bond motifs is 1. The van der Waals surface area contributed by atoms with Crippen molar-refractivity contribution in [3.05, 3.63) is 71.9 Å². The van der Waals surface area contributed by atoms with Gasteiger partial charge in [0.1, 0.15) is 0 Å². The summed E-state index contributed by atoms with van der Waals surface area (Å²) in [7, 11) is 0. The maximum atomic E-state index is 8.99.